The first-order chi connectivity index (χ1) is 8.06. The molecule has 1 amide bonds. The van der Waals surface area contributed by atoms with Gasteiger partial charge in [-0.25, -0.2) is 0 Å². The Labute approximate surface area is 102 Å². The summed E-state index contributed by atoms with van der Waals surface area (Å²) in [7, 11) is 3.92. The number of nitrogens with one attached hydrogen (secondary N) is 1. The lowest BCUT2D eigenvalue weighted by molar-refractivity contribution is 0.0933. The molecule has 0 bridgehead atoms. The maximum absolute atomic E-state index is 12.0. The first-order valence-electron chi connectivity index (χ1n) is 5.86. The first kappa shape index (κ1) is 11.9. The molecule has 3 N–H and O–H groups in total. The average molecular weight is 233 g/mol. The van der Waals surface area contributed by atoms with Crippen LogP contribution in [0, 0.1) is 0 Å². The molecule has 2 rings (SSSR count). The number of hydrogen-bond donors (Lipinski definition) is 2. The van der Waals surface area contributed by atoms with Gasteiger partial charge < -0.3 is 16.0 Å². The molecule has 1 aromatic carbocycles. The lowest BCUT2D eigenvalue weighted by Crippen LogP contribution is -2.42. The Morgan fingerprint density at radius 2 is 2.18 bits per heavy atom. The van der Waals surface area contributed by atoms with Crippen molar-refractivity contribution in [3.8, 4) is 0 Å². The summed E-state index contributed by atoms with van der Waals surface area (Å²) >= 11 is 0. The Bertz CT molecular complexity index is 424. The highest BCUT2D eigenvalue weighted by Gasteiger charge is 2.42. The van der Waals surface area contributed by atoms with Crippen LogP contribution in [0.3, 0.4) is 0 Å². The summed E-state index contributed by atoms with van der Waals surface area (Å²) < 4.78 is 0. The van der Waals surface area contributed by atoms with Gasteiger partial charge in [-0.2, -0.15) is 0 Å². The minimum atomic E-state index is -0.134. The van der Waals surface area contributed by atoms with Crippen LogP contribution >= 0.6 is 0 Å². The summed E-state index contributed by atoms with van der Waals surface area (Å²) in [5.74, 6) is -0.0309. The van der Waals surface area contributed by atoms with E-state index in [-0.39, 0.29) is 11.4 Å². The van der Waals surface area contributed by atoms with E-state index >= 15 is 0 Å². The summed E-state index contributed by atoms with van der Waals surface area (Å²) in [5, 5.41) is 3.02. The molecule has 1 aliphatic carbocycles. The minimum Gasteiger partial charge on any atom is -0.378 e. The topological polar surface area (TPSA) is 58.4 Å². The quantitative estimate of drug-likeness (QED) is 0.815. The van der Waals surface area contributed by atoms with Crippen LogP contribution < -0.4 is 16.0 Å². The van der Waals surface area contributed by atoms with E-state index in [2.05, 4.69) is 5.32 Å². The maximum Gasteiger partial charge on any atom is 0.251 e. The number of carbonyl (C=O) groups is 1. The van der Waals surface area contributed by atoms with Crippen molar-refractivity contribution in [3.63, 3.8) is 0 Å². The smallest absolute Gasteiger partial charge is 0.251 e. The van der Waals surface area contributed by atoms with E-state index in [0.29, 0.717) is 12.1 Å². The standard InChI is InChI=1S/C13H19N3O/c1-16(2)11-5-3-4-10(8-11)12(17)15-13(9-14)6-7-13/h3-5,8H,6-7,9,14H2,1-2H3,(H,15,17). The lowest BCUT2D eigenvalue weighted by Gasteiger charge is -2.17. The van der Waals surface area contributed by atoms with E-state index in [0.717, 1.165) is 18.5 Å². The number of anilines is 1. The highest BCUT2D eigenvalue weighted by molar-refractivity contribution is 5.95. The molecule has 1 aliphatic rings. The van der Waals surface area contributed by atoms with Crippen LogP contribution in [-0.4, -0.2) is 32.1 Å². The summed E-state index contributed by atoms with van der Waals surface area (Å²) in [6.07, 6.45) is 1.98. The number of hydrogen-bond acceptors (Lipinski definition) is 3. The molecule has 0 spiro atoms. The highest BCUT2D eigenvalue weighted by Crippen LogP contribution is 2.34. The molecule has 1 saturated carbocycles. The average Bonchev–Trinajstić information content (AvgIpc) is 3.09. The Hall–Kier alpha value is -1.55. The van der Waals surface area contributed by atoms with Gasteiger partial charge in [0.2, 0.25) is 0 Å². The van der Waals surface area contributed by atoms with Gasteiger partial charge in [-0.05, 0) is 31.0 Å². The van der Waals surface area contributed by atoms with Crippen LogP contribution in [0.4, 0.5) is 5.69 Å². The van der Waals surface area contributed by atoms with Gasteiger partial charge in [0.25, 0.3) is 5.91 Å². The van der Waals surface area contributed by atoms with Gasteiger partial charge in [-0.1, -0.05) is 6.07 Å². The highest BCUT2D eigenvalue weighted by atomic mass is 16.1. The van der Waals surface area contributed by atoms with E-state index in [1.54, 1.807) is 0 Å². The van der Waals surface area contributed by atoms with Crippen LogP contribution in [-0.2, 0) is 0 Å². The van der Waals surface area contributed by atoms with Gasteiger partial charge in [0.05, 0.1) is 5.54 Å². The van der Waals surface area contributed by atoms with Crippen LogP contribution in [0.25, 0.3) is 0 Å². The monoisotopic (exact) mass is 233 g/mol. The molecule has 1 aromatic rings. The summed E-state index contributed by atoms with van der Waals surface area (Å²) in [6, 6.07) is 7.59. The fourth-order valence-electron chi connectivity index (χ4n) is 1.77. The van der Waals surface area contributed by atoms with E-state index < -0.39 is 0 Å². The Kier molecular flexibility index (Phi) is 3.07. The molecule has 0 aliphatic heterocycles. The van der Waals surface area contributed by atoms with Crippen molar-refractivity contribution in [3.05, 3.63) is 29.8 Å². The van der Waals surface area contributed by atoms with Gasteiger partial charge in [0.15, 0.2) is 0 Å². The molecule has 0 unspecified atom stereocenters. The van der Waals surface area contributed by atoms with E-state index in [9.17, 15) is 4.79 Å². The van der Waals surface area contributed by atoms with Gasteiger partial charge in [-0.15, -0.1) is 0 Å². The number of nitrogens with zero attached hydrogens (tertiary/aromatic N) is 1. The molecule has 0 aromatic heterocycles. The van der Waals surface area contributed by atoms with Crippen molar-refractivity contribution < 1.29 is 4.79 Å². The van der Waals surface area contributed by atoms with Crippen LogP contribution in [0.5, 0.6) is 0 Å². The van der Waals surface area contributed by atoms with Crippen molar-refractivity contribution in [2.45, 2.75) is 18.4 Å². The third-order valence-electron chi connectivity index (χ3n) is 3.25. The Morgan fingerprint density at radius 3 is 2.71 bits per heavy atom. The summed E-state index contributed by atoms with van der Waals surface area (Å²) in [5.41, 5.74) is 7.23. The second-order valence-corrected chi connectivity index (χ2v) is 4.88. The fourth-order valence-corrected chi connectivity index (χ4v) is 1.77. The second kappa shape index (κ2) is 4.37. The first-order valence-corrected chi connectivity index (χ1v) is 5.86. The molecular weight excluding hydrogens is 214 g/mol. The summed E-state index contributed by atoms with van der Waals surface area (Å²) in [6.45, 7) is 0.520. The number of nitrogens with two attached hydrogens (primary N) is 1. The van der Waals surface area contributed by atoms with Gasteiger partial charge in [0.1, 0.15) is 0 Å². The zero-order valence-corrected chi connectivity index (χ0v) is 10.4. The summed E-state index contributed by atoms with van der Waals surface area (Å²) in [4.78, 5) is 14.0. The normalized spacial score (nSPS) is 16.4. The maximum atomic E-state index is 12.0. The third kappa shape index (κ3) is 2.58. The third-order valence-corrected chi connectivity index (χ3v) is 3.25. The largest absolute Gasteiger partial charge is 0.378 e. The SMILES string of the molecule is CN(C)c1cccc(C(=O)NC2(CN)CC2)c1. The van der Waals surface area contributed by atoms with Gasteiger partial charge in [0, 0.05) is 31.9 Å². The van der Waals surface area contributed by atoms with Crippen molar-refractivity contribution in [2.24, 2.45) is 5.73 Å². The molecule has 0 radical (unpaired) electrons. The van der Waals surface area contributed by atoms with Crippen molar-refractivity contribution in [1.29, 1.82) is 0 Å². The molecule has 4 nitrogen and oxygen atoms in total. The molecule has 0 saturated heterocycles. The lowest BCUT2D eigenvalue weighted by atomic mass is 10.1. The number of amides is 1. The van der Waals surface area contributed by atoms with Crippen LogP contribution in [0.2, 0.25) is 0 Å². The molecule has 0 atom stereocenters. The van der Waals surface area contributed by atoms with E-state index in [4.69, 9.17) is 5.73 Å². The van der Waals surface area contributed by atoms with Crippen LogP contribution in [0.1, 0.15) is 23.2 Å². The molecule has 17 heavy (non-hydrogen) atoms. The minimum absolute atomic E-state index is 0.0309. The second-order valence-electron chi connectivity index (χ2n) is 4.88. The molecular formula is C13H19N3O. The molecule has 1 fully saturated rings. The van der Waals surface area contributed by atoms with Crippen molar-refractivity contribution >= 4 is 11.6 Å². The van der Waals surface area contributed by atoms with E-state index in [1.807, 2.05) is 43.3 Å². The zero-order valence-electron chi connectivity index (χ0n) is 10.4. The zero-order chi connectivity index (χ0) is 12.5. The predicted octanol–water partition coefficient (Wildman–Crippen LogP) is 0.974. The molecule has 0 heterocycles. The van der Waals surface area contributed by atoms with Crippen molar-refractivity contribution in [2.75, 3.05) is 25.5 Å². The van der Waals surface area contributed by atoms with E-state index in [1.165, 1.54) is 0 Å². The molecule has 92 valence electrons. The van der Waals surface area contributed by atoms with Crippen molar-refractivity contribution in [1.82, 2.24) is 5.32 Å². The Morgan fingerprint density at radius 1 is 1.47 bits per heavy atom. The number of carbonyl (C=O) groups excluding carboxylic acids is 1. The Balaban J connectivity index is 2.11. The fraction of sp³-hybridized carbons (Fsp3) is 0.462. The van der Waals surface area contributed by atoms with Crippen LogP contribution in [0.15, 0.2) is 24.3 Å². The predicted molar refractivity (Wildman–Crippen MR) is 69.3 cm³/mol. The molecule has 4 heteroatoms. The number of rotatable bonds is 4. The van der Waals surface area contributed by atoms with Gasteiger partial charge in [-0.3, -0.25) is 4.79 Å². The van der Waals surface area contributed by atoms with Gasteiger partial charge >= 0.3 is 0 Å². The number of benzene rings is 1.